The van der Waals surface area contributed by atoms with E-state index in [2.05, 4.69) is 27.7 Å². The van der Waals surface area contributed by atoms with Crippen molar-refractivity contribution in [1.82, 2.24) is 0 Å². The normalized spacial score (nSPS) is 12.0. The van der Waals surface area contributed by atoms with Crippen molar-refractivity contribution in [2.24, 2.45) is 5.41 Å². The maximum atomic E-state index is 2.49. The van der Waals surface area contributed by atoms with Gasteiger partial charge >= 0.3 is 0 Å². The van der Waals surface area contributed by atoms with Crippen molar-refractivity contribution >= 4 is 0 Å². The molecular weight excluding hydrogens is 264 g/mol. The summed E-state index contributed by atoms with van der Waals surface area (Å²) in [6.45, 7) is 9.58. The molecule has 0 aromatic rings. The molecule has 0 spiro atoms. The quantitative estimate of drug-likeness (QED) is 0.236. The minimum absolute atomic E-state index is 0.589. The lowest BCUT2D eigenvalue weighted by Gasteiger charge is -2.24. The van der Waals surface area contributed by atoms with E-state index in [-0.39, 0.29) is 0 Å². The zero-order chi connectivity index (χ0) is 16.5. The molecule has 0 aliphatic carbocycles. The van der Waals surface area contributed by atoms with Gasteiger partial charge in [0.1, 0.15) is 0 Å². The van der Waals surface area contributed by atoms with Crippen LogP contribution < -0.4 is 0 Å². The van der Waals surface area contributed by atoms with E-state index in [1.165, 1.54) is 109 Å². The lowest BCUT2D eigenvalue weighted by atomic mass is 9.82. The Morgan fingerprint density at radius 2 is 0.682 bits per heavy atom. The lowest BCUT2D eigenvalue weighted by molar-refractivity contribution is 0.282. The Morgan fingerprint density at radius 3 is 1.00 bits per heavy atom. The van der Waals surface area contributed by atoms with Crippen molar-refractivity contribution in [3.63, 3.8) is 0 Å². The van der Waals surface area contributed by atoms with Crippen LogP contribution in [-0.2, 0) is 0 Å². The van der Waals surface area contributed by atoms with Crippen LogP contribution in [0.2, 0.25) is 0 Å². The van der Waals surface area contributed by atoms with Crippen molar-refractivity contribution in [2.45, 2.75) is 137 Å². The summed E-state index contributed by atoms with van der Waals surface area (Å²) in [5, 5.41) is 0. The Kier molecular flexibility index (Phi) is 15.9. The maximum Gasteiger partial charge on any atom is -0.0354 e. The molecule has 0 radical (unpaired) electrons. The molecule has 0 aromatic heterocycles. The maximum absolute atomic E-state index is 2.49. The highest BCUT2D eigenvalue weighted by atomic mass is 14.2. The molecule has 0 bridgehead atoms. The smallest absolute Gasteiger partial charge is 0.0354 e. The third kappa shape index (κ3) is 16.4. The highest BCUT2D eigenvalue weighted by molar-refractivity contribution is 4.68. The second kappa shape index (κ2) is 15.9. The highest BCUT2D eigenvalue weighted by Crippen LogP contribution is 2.30. The van der Waals surface area contributed by atoms with E-state index in [4.69, 9.17) is 0 Å². The Morgan fingerprint density at radius 1 is 0.409 bits per heavy atom. The molecule has 0 nitrogen and oxygen atoms in total. The van der Waals surface area contributed by atoms with Crippen LogP contribution in [0.4, 0.5) is 0 Å². The molecule has 0 amide bonds. The summed E-state index contributed by atoms with van der Waals surface area (Å²) in [7, 11) is 0. The van der Waals surface area contributed by atoms with E-state index in [0.717, 1.165) is 0 Å². The molecule has 0 rings (SSSR count). The first kappa shape index (κ1) is 22.0. The van der Waals surface area contributed by atoms with E-state index in [1.807, 2.05) is 0 Å². The van der Waals surface area contributed by atoms with Gasteiger partial charge in [0.25, 0.3) is 0 Å². The Hall–Kier alpha value is 0. The minimum atomic E-state index is 0.589. The second-order valence-electron chi connectivity index (χ2n) is 8.26. The van der Waals surface area contributed by atoms with Crippen molar-refractivity contribution in [2.75, 3.05) is 0 Å². The molecule has 0 aromatic carbocycles. The van der Waals surface area contributed by atoms with Gasteiger partial charge in [-0.1, -0.05) is 124 Å². The van der Waals surface area contributed by atoms with E-state index in [9.17, 15) is 0 Å². The molecular formula is C22H46. The van der Waals surface area contributed by atoms with Crippen LogP contribution in [-0.4, -0.2) is 0 Å². The molecule has 0 aliphatic rings. The fourth-order valence-electron chi connectivity index (χ4n) is 3.42. The Balaban J connectivity index is 3.34. The van der Waals surface area contributed by atoms with E-state index in [1.54, 1.807) is 0 Å². The van der Waals surface area contributed by atoms with Gasteiger partial charge in [0.15, 0.2) is 0 Å². The van der Waals surface area contributed by atoms with Crippen molar-refractivity contribution in [3.8, 4) is 0 Å². The lowest BCUT2D eigenvalue weighted by Crippen LogP contribution is -2.11. The van der Waals surface area contributed by atoms with E-state index >= 15 is 0 Å². The molecule has 0 aliphatic heterocycles. The molecule has 0 heterocycles. The third-order valence-corrected chi connectivity index (χ3v) is 5.16. The molecule has 0 fully saturated rings. The van der Waals surface area contributed by atoms with Gasteiger partial charge in [0.2, 0.25) is 0 Å². The molecule has 0 heteroatoms. The van der Waals surface area contributed by atoms with Gasteiger partial charge in [0, 0.05) is 0 Å². The Labute approximate surface area is 142 Å². The summed E-state index contributed by atoms with van der Waals surface area (Å²) < 4.78 is 0. The van der Waals surface area contributed by atoms with Crippen LogP contribution in [0.1, 0.15) is 137 Å². The summed E-state index contributed by atoms with van der Waals surface area (Å²) in [5.41, 5.74) is 0.589. The molecule has 0 atom stereocenters. The fourth-order valence-corrected chi connectivity index (χ4v) is 3.42. The Bertz CT molecular complexity index is 204. The van der Waals surface area contributed by atoms with Crippen LogP contribution >= 0.6 is 0 Å². The molecule has 0 N–H and O–H groups in total. The fraction of sp³-hybridized carbons (Fsp3) is 1.00. The minimum Gasteiger partial charge on any atom is -0.0654 e. The molecule has 0 saturated carbocycles. The van der Waals surface area contributed by atoms with Crippen LogP contribution in [0.3, 0.4) is 0 Å². The van der Waals surface area contributed by atoms with Crippen molar-refractivity contribution in [3.05, 3.63) is 0 Å². The summed E-state index contributed by atoms with van der Waals surface area (Å²) in [6.07, 6.45) is 24.6. The van der Waals surface area contributed by atoms with Crippen LogP contribution in [0.25, 0.3) is 0 Å². The first-order valence-electron chi connectivity index (χ1n) is 10.6. The average Bonchev–Trinajstić information content (AvgIpc) is 2.49. The van der Waals surface area contributed by atoms with Gasteiger partial charge in [0.05, 0.1) is 0 Å². The standard InChI is InChI=1S/C22H46/c1-5-7-9-11-13-15-17-19-21-22(3,4)20-18-16-14-12-10-8-6-2/h5-21H2,1-4H3. The van der Waals surface area contributed by atoms with Gasteiger partial charge in [-0.2, -0.15) is 0 Å². The summed E-state index contributed by atoms with van der Waals surface area (Å²) in [5.74, 6) is 0. The summed E-state index contributed by atoms with van der Waals surface area (Å²) >= 11 is 0. The number of hydrogen-bond donors (Lipinski definition) is 0. The molecule has 134 valence electrons. The second-order valence-corrected chi connectivity index (χ2v) is 8.26. The van der Waals surface area contributed by atoms with Crippen LogP contribution in [0.5, 0.6) is 0 Å². The average molecular weight is 311 g/mol. The topological polar surface area (TPSA) is 0 Å². The zero-order valence-corrected chi connectivity index (χ0v) is 16.5. The monoisotopic (exact) mass is 310 g/mol. The number of rotatable bonds is 17. The molecule has 0 saturated heterocycles. The number of unbranched alkanes of at least 4 members (excludes halogenated alkanes) is 13. The highest BCUT2D eigenvalue weighted by Gasteiger charge is 2.16. The summed E-state index contributed by atoms with van der Waals surface area (Å²) in [6, 6.07) is 0. The SMILES string of the molecule is CCCCCCCCCCC(C)(C)CCCCCCCCC. The van der Waals surface area contributed by atoms with Crippen molar-refractivity contribution in [1.29, 1.82) is 0 Å². The predicted octanol–water partition coefficient (Wildman–Crippen LogP) is 8.68. The van der Waals surface area contributed by atoms with Crippen LogP contribution in [0.15, 0.2) is 0 Å². The van der Waals surface area contributed by atoms with E-state index < -0.39 is 0 Å². The van der Waals surface area contributed by atoms with Gasteiger partial charge in [-0.25, -0.2) is 0 Å². The molecule has 22 heavy (non-hydrogen) atoms. The molecule has 0 unspecified atom stereocenters. The van der Waals surface area contributed by atoms with Crippen LogP contribution in [0, 0.1) is 5.41 Å². The largest absolute Gasteiger partial charge is 0.0654 e. The predicted molar refractivity (Wildman–Crippen MR) is 104 cm³/mol. The van der Waals surface area contributed by atoms with Gasteiger partial charge in [-0.3, -0.25) is 0 Å². The van der Waals surface area contributed by atoms with Gasteiger partial charge in [-0.15, -0.1) is 0 Å². The first-order chi connectivity index (χ1) is 10.6. The third-order valence-electron chi connectivity index (χ3n) is 5.16. The van der Waals surface area contributed by atoms with E-state index in [0.29, 0.717) is 5.41 Å². The van der Waals surface area contributed by atoms with Gasteiger partial charge in [-0.05, 0) is 18.3 Å². The first-order valence-corrected chi connectivity index (χ1v) is 10.6. The number of hydrogen-bond acceptors (Lipinski definition) is 0. The zero-order valence-electron chi connectivity index (χ0n) is 16.5. The summed E-state index contributed by atoms with van der Waals surface area (Å²) in [4.78, 5) is 0. The van der Waals surface area contributed by atoms with Crippen molar-refractivity contribution < 1.29 is 0 Å². The van der Waals surface area contributed by atoms with Gasteiger partial charge < -0.3 is 0 Å².